The van der Waals surface area contributed by atoms with E-state index in [-0.39, 0.29) is 34.6 Å². The second-order valence-corrected chi connectivity index (χ2v) is 11.7. The van der Waals surface area contributed by atoms with Crippen LogP contribution in [0.25, 0.3) is 0 Å². The topological polar surface area (TPSA) is 61.8 Å². The molecule has 0 aromatic heterocycles. The molecule has 2 aliphatic heterocycles. The molecule has 1 aliphatic carbocycles. The lowest BCUT2D eigenvalue weighted by atomic mass is 9.66. The van der Waals surface area contributed by atoms with Crippen molar-refractivity contribution < 1.29 is 23.8 Å². The van der Waals surface area contributed by atoms with Crippen molar-refractivity contribution in [1.29, 1.82) is 0 Å². The van der Waals surface area contributed by atoms with Gasteiger partial charge in [0.15, 0.2) is 6.10 Å². The van der Waals surface area contributed by atoms with Gasteiger partial charge in [-0.25, -0.2) is 4.79 Å². The van der Waals surface area contributed by atoms with Gasteiger partial charge < -0.3 is 14.2 Å². The van der Waals surface area contributed by atoms with Crippen LogP contribution in [0.2, 0.25) is 0 Å². The van der Waals surface area contributed by atoms with Crippen molar-refractivity contribution in [2.45, 2.75) is 122 Å². The molecule has 0 spiro atoms. The molecule has 0 bridgehead atoms. The number of benzene rings is 1. The molecule has 5 nitrogen and oxygen atoms in total. The van der Waals surface area contributed by atoms with E-state index in [0.717, 1.165) is 42.6 Å². The van der Waals surface area contributed by atoms with Crippen molar-refractivity contribution in [3.05, 3.63) is 23.3 Å². The summed E-state index contributed by atoms with van der Waals surface area (Å²) in [6, 6.07) is 4.19. The summed E-state index contributed by atoms with van der Waals surface area (Å²) in [5.41, 5.74) is 1.56. The van der Waals surface area contributed by atoms with Crippen LogP contribution in [0.1, 0.15) is 116 Å². The Kier molecular flexibility index (Phi) is 7.42. The summed E-state index contributed by atoms with van der Waals surface area (Å²) in [7, 11) is 0. The second kappa shape index (κ2) is 10.0. The summed E-state index contributed by atoms with van der Waals surface area (Å²) in [5.74, 6) is 1.51. The van der Waals surface area contributed by atoms with Crippen LogP contribution >= 0.6 is 0 Å². The molecule has 2 heterocycles. The number of carbonyl (C=O) groups is 2. The number of fused-ring (bicyclic) bond motifs is 3. The number of unbranched alkanes of at least 4 members (excludes halogenated alkanes) is 3. The lowest BCUT2D eigenvalue weighted by Gasteiger charge is -2.47. The van der Waals surface area contributed by atoms with Crippen LogP contribution < -0.4 is 9.47 Å². The van der Waals surface area contributed by atoms with Gasteiger partial charge in [0.25, 0.3) is 0 Å². The summed E-state index contributed by atoms with van der Waals surface area (Å²) >= 11 is 0. The number of Topliss-reactive ketones (excluding diaryl/α,β-unsaturated/α-hetero) is 1. The number of ketones is 1. The first-order chi connectivity index (χ1) is 16.1. The number of hydrogen-bond acceptors (Lipinski definition) is 5. The number of esters is 1. The van der Waals surface area contributed by atoms with E-state index in [1.165, 1.54) is 19.3 Å². The number of ether oxygens (including phenoxy) is 3. The van der Waals surface area contributed by atoms with Crippen LogP contribution in [0.4, 0.5) is 0 Å². The normalized spacial score (nSPS) is 25.9. The van der Waals surface area contributed by atoms with Crippen LogP contribution in [-0.2, 0) is 19.7 Å². The van der Waals surface area contributed by atoms with Gasteiger partial charge in [0.2, 0.25) is 0 Å². The van der Waals surface area contributed by atoms with Crippen molar-refractivity contribution in [2.24, 2.45) is 5.92 Å². The Bertz CT molecular complexity index is 909. The Morgan fingerprint density at radius 1 is 1.18 bits per heavy atom. The van der Waals surface area contributed by atoms with E-state index in [1.54, 1.807) is 0 Å². The van der Waals surface area contributed by atoms with Crippen LogP contribution in [-0.4, -0.2) is 30.1 Å². The molecule has 1 saturated carbocycles. The monoisotopic (exact) mass is 470 g/mol. The van der Waals surface area contributed by atoms with Gasteiger partial charge in [-0.3, -0.25) is 4.79 Å². The largest absolute Gasteiger partial charge is 0.487 e. The average molecular weight is 471 g/mol. The minimum absolute atomic E-state index is 0.00835. The van der Waals surface area contributed by atoms with E-state index in [1.807, 2.05) is 6.07 Å². The van der Waals surface area contributed by atoms with E-state index >= 15 is 0 Å². The minimum atomic E-state index is -0.508. The van der Waals surface area contributed by atoms with E-state index in [9.17, 15) is 9.59 Å². The smallest absolute Gasteiger partial charge is 0.340 e. The molecular formula is C29H42O5. The predicted octanol–water partition coefficient (Wildman–Crippen LogP) is 6.64. The zero-order valence-electron chi connectivity index (χ0n) is 21.7. The van der Waals surface area contributed by atoms with Gasteiger partial charge in [0, 0.05) is 36.8 Å². The summed E-state index contributed by atoms with van der Waals surface area (Å²) in [6.45, 7) is 11.6. The number of carbonyl (C=O) groups excluding carboxylic acids is 2. The molecule has 3 aliphatic rings. The highest BCUT2D eigenvalue weighted by Gasteiger charge is 2.48. The molecule has 188 valence electrons. The number of rotatable bonds is 8. The molecule has 1 aromatic carbocycles. The SMILES string of the molecule is CCCCCCC(C)(C)c1cc(OC(=O)C2CCCO2)c2c(c1)OC(C)(C)[C@@H]1CCC(=O)C[C@@H]21. The molecule has 1 unspecified atom stereocenters. The van der Waals surface area contributed by atoms with Crippen molar-refractivity contribution in [3.63, 3.8) is 0 Å². The van der Waals surface area contributed by atoms with Crippen molar-refractivity contribution in [2.75, 3.05) is 6.61 Å². The van der Waals surface area contributed by atoms with Crippen molar-refractivity contribution in [3.8, 4) is 11.5 Å². The third kappa shape index (κ3) is 5.19. The van der Waals surface area contributed by atoms with Crippen molar-refractivity contribution in [1.82, 2.24) is 0 Å². The van der Waals surface area contributed by atoms with Gasteiger partial charge in [-0.05, 0) is 62.6 Å². The highest BCUT2D eigenvalue weighted by molar-refractivity contribution is 5.82. The zero-order chi connectivity index (χ0) is 24.5. The van der Waals surface area contributed by atoms with Gasteiger partial charge in [0.05, 0.1) is 0 Å². The van der Waals surface area contributed by atoms with Gasteiger partial charge in [-0.2, -0.15) is 0 Å². The fourth-order valence-electron chi connectivity index (χ4n) is 6.10. The fraction of sp³-hybridized carbons (Fsp3) is 0.724. The summed E-state index contributed by atoms with van der Waals surface area (Å²) in [6.07, 6.45) is 8.84. The van der Waals surface area contributed by atoms with Crippen LogP contribution in [0.5, 0.6) is 11.5 Å². The van der Waals surface area contributed by atoms with E-state index in [0.29, 0.717) is 31.6 Å². The average Bonchev–Trinajstić information content (AvgIpc) is 3.31. The lowest BCUT2D eigenvalue weighted by Crippen LogP contribution is -2.47. The molecule has 2 fully saturated rings. The van der Waals surface area contributed by atoms with Crippen LogP contribution in [0.3, 0.4) is 0 Å². The van der Waals surface area contributed by atoms with Crippen molar-refractivity contribution >= 4 is 11.8 Å². The molecule has 0 amide bonds. The highest BCUT2D eigenvalue weighted by atomic mass is 16.6. The first-order valence-electron chi connectivity index (χ1n) is 13.3. The van der Waals surface area contributed by atoms with Gasteiger partial charge in [-0.1, -0.05) is 46.5 Å². The molecule has 0 radical (unpaired) electrons. The molecule has 4 rings (SSSR count). The molecule has 34 heavy (non-hydrogen) atoms. The molecule has 1 aromatic rings. The molecule has 5 heteroatoms. The molecular weight excluding hydrogens is 428 g/mol. The maximum atomic E-state index is 13.0. The standard InChI is InChI=1S/C29H42O5/c1-6-7-8-9-14-28(2,3)19-16-24(33-27(31)23-11-10-15-32-23)26-21-18-20(30)12-13-22(21)29(4,5)34-25(26)17-19/h16-17,21-23H,6-15,18H2,1-5H3/t21-,22-,23?/m1/s1. The van der Waals surface area contributed by atoms with Crippen LogP contribution in [0.15, 0.2) is 12.1 Å². The third-order valence-electron chi connectivity index (χ3n) is 8.25. The maximum Gasteiger partial charge on any atom is 0.340 e. The van der Waals surface area contributed by atoms with E-state index in [2.05, 4.69) is 40.7 Å². The Labute approximate surface area is 204 Å². The van der Waals surface area contributed by atoms with E-state index in [4.69, 9.17) is 14.2 Å². The van der Waals surface area contributed by atoms with Gasteiger partial charge in [0.1, 0.15) is 22.9 Å². The van der Waals surface area contributed by atoms with Crippen LogP contribution in [0, 0.1) is 5.92 Å². The first kappa shape index (κ1) is 25.2. The quantitative estimate of drug-likeness (QED) is 0.242. The predicted molar refractivity (Wildman–Crippen MR) is 133 cm³/mol. The Hall–Kier alpha value is -1.88. The first-order valence-corrected chi connectivity index (χ1v) is 13.3. The number of hydrogen-bond donors (Lipinski definition) is 0. The summed E-state index contributed by atoms with van der Waals surface area (Å²) in [4.78, 5) is 25.5. The second-order valence-electron chi connectivity index (χ2n) is 11.7. The fourth-order valence-corrected chi connectivity index (χ4v) is 6.10. The Morgan fingerprint density at radius 3 is 2.68 bits per heavy atom. The lowest BCUT2D eigenvalue weighted by molar-refractivity contribution is -0.144. The summed E-state index contributed by atoms with van der Waals surface area (Å²) < 4.78 is 18.3. The Morgan fingerprint density at radius 2 is 1.97 bits per heavy atom. The zero-order valence-corrected chi connectivity index (χ0v) is 21.7. The highest BCUT2D eigenvalue weighted by Crippen LogP contribution is 2.55. The minimum Gasteiger partial charge on any atom is -0.487 e. The summed E-state index contributed by atoms with van der Waals surface area (Å²) in [5, 5.41) is 0. The van der Waals surface area contributed by atoms with Gasteiger partial charge >= 0.3 is 5.97 Å². The molecule has 0 N–H and O–H groups in total. The van der Waals surface area contributed by atoms with Gasteiger partial charge in [-0.15, -0.1) is 0 Å². The molecule has 3 atom stereocenters. The maximum absolute atomic E-state index is 13.0. The Balaban J connectivity index is 1.73. The molecule has 1 saturated heterocycles. The third-order valence-corrected chi connectivity index (χ3v) is 8.25. The van der Waals surface area contributed by atoms with E-state index < -0.39 is 6.10 Å².